The van der Waals surface area contributed by atoms with Gasteiger partial charge >= 0.3 is 0 Å². The fraction of sp³-hybridized carbons (Fsp3) is 0.286. The Balaban J connectivity index is 2.14. The molecule has 6 heteroatoms. The Morgan fingerprint density at radius 2 is 2.10 bits per heavy atom. The second-order valence-corrected chi connectivity index (χ2v) is 6.65. The Morgan fingerprint density at radius 3 is 2.70 bits per heavy atom. The highest BCUT2D eigenvalue weighted by molar-refractivity contribution is 8.26. The lowest BCUT2D eigenvalue weighted by molar-refractivity contribution is -0.122. The van der Waals surface area contributed by atoms with E-state index in [9.17, 15) is 4.79 Å². The smallest absolute Gasteiger partial charge is 0.266 e. The molecule has 106 valence electrons. The first-order chi connectivity index (χ1) is 9.65. The molecule has 1 heterocycles. The normalized spacial score (nSPS) is 17.3. The third kappa shape index (κ3) is 3.63. The molecule has 1 aliphatic heterocycles. The molecule has 0 radical (unpaired) electrons. The van der Waals surface area contributed by atoms with Crippen molar-refractivity contribution in [3.8, 4) is 0 Å². The van der Waals surface area contributed by atoms with E-state index < -0.39 is 0 Å². The number of benzene rings is 1. The molecule has 0 spiro atoms. The first kappa shape index (κ1) is 15.6. The summed E-state index contributed by atoms with van der Waals surface area (Å²) in [6.45, 7) is 0.992. The summed E-state index contributed by atoms with van der Waals surface area (Å²) in [6, 6.07) is 8.10. The van der Waals surface area contributed by atoms with Crippen LogP contribution in [-0.4, -0.2) is 41.6 Å². The Hall–Kier alpha value is -0.820. The SMILES string of the molecule is COCCN1C(=O)C(=Cc2ccc(SC)cc2)SC1=S. The predicted octanol–water partition coefficient (Wildman–Crippen LogP) is 3.26. The van der Waals surface area contributed by atoms with Crippen LogP contribution in [0.3, 0.4) is 0 Å². The Kier molecular flexibility index (Phi) is 5.65. The van der Waals surface area contributed by atoms with Gasteiger partial charge in [-0.25, -0.2) is 0 Å². The van der Waals surface area contributed by atoms with Crippen LogP contribution in [0.2, 0.25) is 0 Å². The van der Waals surface area contributed by atoms with Crippen LogP contribution in [-0.2, 0) is 9.53 Å². The minimum atomic E-state index is -0.0361. The van der Waals surface area contributed by atoms with Crippen LogP contribution < -0.4 is 0 Å². The van der Waals surface area contributed by atoms with Crippen molar-refractivity contribution in [1.82, 2.24) is 4.90 Å². The van der Waals surface area contributed by atoms with E-state index in [2.05, 4.69) is 0 Å². The summed E-state index contributed by atoms with van der Waals surface area (Å²) in [5.74, 6) is -0.0361. The zero-order chi connectivity index (χ0) is 14.5. The molecule has 1 fully saturated rings. The number of methoxy groups -OCH3 is 1. The zero-order valence-corrected chi connectivity index (χ0v) is 13.7. The second-order valence-electron chi connectivity index (χ2n) is 4.10. The molecule has 0 bridgehead atoms. The molecule has 0 unspecified atom stereocenters. The van der Waals surface area contributed by atoms with Gasteiger partial charge in [0.05, 0.1) is 18.1 Å². The fourth-order valence-corrected chi connectivity index (χ4v) is 3.44. The van der Waals surface area contributed by atoms with E-state index in [0.717, 1.165) is 5.56 Å². The summed E-state index contributed by atoms with van der Waals surface area (Å²) in [6.07, 6.45) is 3.92. The summed E-state index contributed by atoms with van der Waals surface area (Å²) in [5, 5.41) is 0. The number of thiocarbonyl (C=S) groups is 1. The van der Waals surface area contributed by atoms with Gasteiger partial charge in [0.1, 0.15) is 4.32 Å². The zero-order valence-electron chi connectivity index (χ0n) is 11.3. The number of hydrogen-bond donors (Lipinski definition) is 0. The average molecular weight is 325 g/mol. The molecule has 1 aromatic rings. The lowest BCUT2D eigenvalue weighted by atomic mass is 10.2. The highest BCUT2D eigenvalue weighted by atomic mass is 32.2. The van der Waals surface area contributed by atoms with Crippen LogP contribution >= 0.6 is 35.7 Å². The summed E-state index contributed by atoms with van der Waals surface area (Å²) >= 11 is 8.27. The second kappa shape index (κ2) is 7.26. The molecular weight excluding hydrogens is 310 g/mol. The van der Waals surface area contributed by atoms with E-state index in [1.54, 1.807) is 23.8 Å². The van der Waals surface area contributed by atoms with E-state index in [1.807, 2.05) is 36.6 Å². The minimum Gasteiger partial charge on any atom is -0.383 e. The number of amides is 1. The first-order valence-corrected chi connectivity index (χ1v) is 8.49. The Bertz CT molecular complexity index is 540. The van der Waals surface area contributed by atoms with Gasteiger partial charge in [0.2, 0.25) is 0 Å². The third-order valence-corrected chi connectivity index (χ3v) is 4.93. The lowest BCUT2D eigenvalue weighted by Gasteiger charge is -2.12. The average Bonchev–Trinajstić information content (AvgIpc) is 2.72. The molecule has 0 aromatic heterocycles. The summed E-state index contributed by atoms with van der Waals surface area (Å²) in [4.78, 5) is 15.7. The van der Waals surface area contributed by atoms with E-state index in [1.165, 1.54) is 16.7 Å². The van der Waals surface area contributed by atoms with Crippen LogP contribution in [0.15, 0.2) is 34.1 Å². The maximum atomic E-state index is 12.2. The maximum Gasteiger partial charge on any atom is 0.266 e. The van der Waals surface area contributed by atoms with Crippen molar-refractivity contribution in [2.75, 3.05) is 26.5 Å². The Morgan fingerprint density at radius 1 is 1.40 bits per heavy atom. The van der Waals surface area contributed by atoms with Gasteiger partial charge in [-0.1, -0.05) is 36.1 Å². The minimum absolute atomic E-state index is 0.0361. The highest BCUT2D eigenvalue weighted by Gasteiger charge is 2.31. The molecule has 0 atom stereocenters. The van der Waals surface area contributed by atoms with Gasteiger partial charge in [0, 0.05) is 12.0 Å². The van der Waals surface area contributed by atoms with E-state index in [4.69, 9.17) is 17.0 Å². The standard InChI is InChI=1S/C14H15NO2S3/c1-17-8-7-15-13(16)12(20-14(15)18)9-10-3-5-11(19-2)6-4-10/h3-6,9H,7-8H2,1-2H3. The van der Waals surface area contributed by atoms with Crippen LogP contribution in [0.4, 0.5) is 0 Å². The highest BCUT2D eigenvalue weighted by Crippen LogP contribution is 2.32. The number of nitrogens with zero attached hydrogens (tertiary/aromatic N) is 1. The van der Waals surface area contributed by atoms with Crippen molar-refractivity contribution in [2.24, 2.45) is 0 Å². The number of carbonyl (C=O) groups excluding carboxylic acids is 1. The first-order valence-electron chi connectivity index (χ1n) is 6.04. The third-order valence-electron chi connectivity index (χ3n) is 2.81. The van der Waals surface area contributed by atoms with Crippen molar-refractivity contribution in [3.05, 3.63) is 34.7 Å². The predicted molar refractivity (Wildman–Crippen MR) is 90.0 cm³/mol. The Labute approximate surface area is 132 Å². The van der Waals surface area contributed by atoms with Gasteiger partial charge in [-0.15, -0.1) is 11.8 Å². The van der Waals surface area contributed by atoms with Gasteiger partial charge < -0.3 is 4.74 Å². The number of rotatable bonds is 5. The van der Waals surface area contributed by atoms with Crippen LogP contribution in [0.25, 0.3) is 6.08 Å². The van der Waals surface area contributed by atoms with Gasteiger partial charge in [-0.05, 0) is 30.0 Å². The molecule has 1 aromatic carbocycles. The molecular formula is C14H15NO2S3. The van der Waals surface area contributed by atoms with Gasteiger partial charge in [0.25, 0.3) is 5.91 Å². The van der Waals surface area contributed by atoms with E-state index in [-0.39, 0.29) is 5.91 Å². The monoisotopic (exact) mass is 325 g/mol. The summed E-state index contributed by atoms with van der Waals surface area (Å²) < 4.78 is 5.59. The van der Waals surface area contributed by atoms with Crippen molar-refractivity contribution >= 4 is 52.0 Å². The van der Waals surface area contributed by atoms with E-state index >= 15 is 0 Å². The number of thioether (sulfide) groups is 2. The topological polar surface area (TPSA) is 29.5 Å². The fourth-order valence-electron chi connectivity index (χ4n) is 1.73. The summed E-state index contributed by atoms with van der Waals surface area (Å²) in [7, 11) is 1.61. The van der Waals surface area contributed by atoms with Crippen LogP contribution in [0.1, 0.15) is 5.56 Å². The molecule has 0 aliphatic carbocycles. The largest absolute Gasteiger partial charge is 0.383 e. The molecule has 1 aliphatic rings. The molecule has 0 N–H and O–H groups in total. The van der Waals surface area contributed by atoms with E-state index in [0.29, 0.717) is 22.4 Å². The van der Waals surface area contributed by atoms with Gasteiger partial charge in [0.15, 0.2) is 0 Å². The molecule has 2 rings (SSSR count). The van der Waals surface area contributed by atoms with Crippen molar-refractivity contribution < 1.29 is 9.53 Å². The maximum absolute atomic E-state index is 12.2. The molecule has 0 saturated carbocycles. The molecule has 3 nitrogen and oxygen atoms in total. The molecule has 20 heavy (non-hydrogen) atoms. The van der Waals surface area contributed by atoms with Crippen molar-refractivity contribution in [1.29, 1.82) is 0 Å². The quantitative estimate of drug-likeness (QED) is 0.471. The van der Waals surface area contributed by atoms with Crippen molar-refractivity contribution in [3.63, 3.8) is 0 Å². The molecule has 1 saturated heterocycles. The van der Waals surface area contributed by atoms with Gasteiger partial charge in [-0.3, -0.25) is 9.69 Å². The van der Waals surface area contributed by atoms with Crippen LogP contribution in [0.5, 0.6) is 0 Å². The summed E-state index contributed by atoms with van der Waals surface area (Å²) in [5.41, 5.74) is 1.01. The number of hydrogen-bond acceptors (Lipinski definition) is 5. The number of carbonyl (C=O) groups is 1. The molecule has 1 amide bonds. The van der Waals surface area contributed by atoms with Crippen LogP contribution in [0, 0.1) is 0 Å². The van der Waals surface area contributed by atoms with Gasteiger partial charge in [-0.2, -0.15) is 0 Å². The van der Waals surface area contributed by atoms with Crippen molar-refractivity contribution in [2.45, 2.75) is 4.90 Å². The lowest BCUT2D eigenvalue weighted by Crippen LogP contribution is -2.31. The number of ether oxygens (including phenoxy) is 1.